The molecule has 19 heavy (non-hydrogen) atoms. The summed E-state index contributed by atoms with van der Waals surface area (Å²) >= 11 is 5.80. The highest BCUT2D eigenvalue weighted by Crippen LogP contribution is 2.35. The molecule has 1 aromatic rings. The van der Waals surface area contributed by atoms with Crippen molar-refractivity contribution in [2.45, 2.75) is 24.9 Å². The molecule has 1 aromatic carbocycles. The zero-order chi connectivity index (χ0) is 13.8. The van der Waals surface area contributed by atoms with Gasteiger partial charge in [-0.05, 0) is 25.0 Å². The molecule has 1 fully saturated rings. The highest BCUT2D eigenvalue weighted by molar-refractivity contribution is 6.30. The smallest absolute Gasteiger partial charge is 0.129 e. The second-order valence-corrected chi connectivity index (χ2v) is 5.32. The molecule has 0 aromatic heterocycles. The standard InChI is InChI=1S/C14H20ClFN2O/c1-19-7-6-18(11-3-4-11)14(9-17)12-5-2-10(15)8-13(12)16/h2,5,8,11,14H,3-4,6-7,9,17H2,1H3. The molecule has 0 aliphatic heterocycles. The molecule has 106 valence electrons. The van der Waals surface area contributed by atoms with E-state index in [1.165, 1.54) is 6.07 Å². The monoisotopic (exact) mass is 286 g/mol. The Labute approximate surface area is 118 Å². The Balaban J connectivity index is 2.20. The minimum atomic E-state index is -0.286. The quantitative estimate of drug-likeness (QED) is 0.837. The van der Waals surface area contributed by atoms with E-state index in [-0.39, 0.29) is 11.9 Å². The average Bonchev–Trinajstić information content (AvgIpc) is 3.20. The van der Waals surface area contributed by atoms with Gasteiger partial charge < -0.3 is 10.5 Å². The van der Waals surface area contributed by atoms with E-state index in [9.17, 15) is 4.39 Å². The summed E-state index contributed by atoms with van der Waals surface area (Å²) in [6.45, 7) is 1.78. The van der Waals surface area contributed by atoms with Gasteiger partial charge in [0.25, 0.3) is 0 Å². The van der Waals surface area contributed by atoms with Gasteiger partial charge in [0.1, 0.15) is 5.82 Å². The minimum absolute atomic E-state index is 0.111. The van der Waals surface area contributed by atoms with Gasteiger partial charge in [0.05, 0.1) is 12.6 Å². The number of hydrogen-bond acceptors (Lipinski definition) is 3. The van der Waals surface area contributed by atoms with Crippen molar-refractivity contribution in [3.63, 3.8) is 0 Å². The molecular weight excluding hydrogens is 267 g/mol. The van der Waals surface area contributed by atoms with Crippen LogP contribution in [0.2, 0.25) is 5.02 Å². The number of rotatable bonds is 7. The molecule has 1 saturated carbocycles. The molecule has 1 aliphatic carbocycles. The lowest BCUT2D eigenvalue weighted by Gasteiger charge is -2.31. The summed E-state index contributed by atoms with van der Waals surface area (Å²) in [6.07, 6.45) is 2.30. The molecule has 1 aliphatic rings. The lowest BCUT2D eigenvalue weighted by Crippen LogP contribution is -2.38. The van der Waals surface area contributed by atoms with E-state index in [1.54, 1.807) is 19.2 Å². The molecule has 0 saturated heterocycles. The Bertz CT molecular complexity index is 426. The second kappa shape index (κ2) is 6.66. The molecule has 0 amide bonds. The number of methoxy groups -OCH3 is 1. The predicted molar refractivity (Wildman–Crippen MR) is 74.8 cm³/mol. The fraction of sp³-hybridized carbons (Fsp3) is 0.571. The maximum absolute atomic E-state index is 14.1. The van der Waals surface area contributed by atoms with Crippen LogP contribution in [-0.2, 0) is 4.74 Å². The molecule has 0 heterocycles. The third-order valence-electron chi connectivity index (χ3n) is 3.51. The van der Waals surface area contributed by atoms with Crippen molar-refractivity contribution in [3.8, 4) is 0 Å². The van der Waals surface area contributed by atoms with Crippen molar-refractivity contribution in [2.75, 3.05) is 26.8 Å². The lowest BCUT2D eigenvalue weighted by molar-refractivity contribution is 0.114. The summed E-state index contributed by atoms with van der Waals surface area (Å²) in [5, 5.41) is 0.409. The van der Waals surface area contributed by atoms with Gasteiger partial charge in [-0.1, -0.05) is 17.7 Å². The van der Waals surface area contributed by atoms with E-state index in [4.69, 9.17) is 22.1 Å². The Hall–Kier alpha value is -0.680. The Kier molecular flexibility index (Phi) is 5.16. The van der Waals surface area contributed by atoms with Gasteiger partial charge in [0, 0.05) is 36.8 Å². The molecule has 0 radical (unpaired) electrons. The summed E-state index contributed by atoms with van der Waals surface area (Å²) in [6, 6.07) is 5.18. The summed E-state index contributed by atoms with van der Waals surface area (Å²) in [5.41, 5.74) is 6.49. The zero-order valence-electron chi connectivity index (χ0n) is 11.1. The largest absolute Gasteiger partial charge is 0.383 e. The van der Waals surface area contributed by atoms with Gasteiger partial charge in [-0.25, -0.2) is 4.39 Å². The van der Waals surface area contributed by atoms with E-state index < -0.39 is 0 Å². The van der Waals surface area contributed by atoms with Crippen molar-refractivity contribution in [1.29, 1.82) is 0 Å². The number of halogens is 2. The van der Waals surface area contributed by atoms with Crippen LogP contribution in [0.15, 0.2) is 18.2 Å². The predicted octanol–water partition coefficient (Wildman–Crippen LogP) is 2.59. The van der Waals surface area contributed by atoms with Crippen LogP contribution in [0.4, 0.5) is 4.39 Å². The summed E-state index contributed by atoms with van der Waals surface area (Å²) in [4.78, 5) is 2.25. The molecule has 2 rings (SSSR count). The Morgan fingerprint density at radius 2 is 2.26 bits per heavy atom. The molecular formula is C14H20ClFN2O. The lowest BCUT2D eigenvalue weighted by atomic mass is 10.0. The normalized spacial score (nSPS) is 16.9. The first-order chi connectivity index (χ1) is 9.17. The van der Waals surface area contributed by atoms with Crippen LogP contribution in [0.1, 0.15) is 24.4 Å². The topological polar surface area (TPSA) is 38.5 Å². The summed E-state index contributed by atoms with van der Waals surface area (Å²) in [5.74, 6) is -0.286. The summed E-state index contributed by atoms with van der Waals surface area (Å²) in [7, 11) is 1.67. The summed E-state index contributed by atoms with van der Waals surface area (Å²) < 4.78 is 19.2. The molecule has 1 atom stereocenters. The van der Waals surface area contributed by atoms with Crippen molar-refractivity contribution in [3.05, 3.63) is 34.6 Å². The number of nitrogens with zero attached hydrogens (tertiary/aromatic N) is 1. The van der Waals surface area contributed by atoms with E-state index in [1.807, 2.05) is 0 Å². The number of hydrogen-bond donors (Lipinski definition) is 1. The minimum Gasteiger partial charge on any atom is -0.383 e. The first-order valence-corrected chi connectivity index (χ1v) is 6.95. The molecule has 1 unspecified atom stereocenters. The number of benzene rings is 1. The fourth-order valence-corrected chi connectivity index (χ4v) is 2.57. The highest BCUT2D eigenvalue weighted by atomic mass is 35.5. The number of nitrogens with two attached hydrogens (primary N) is 1. The zero-order valence-corrected chi connectivity index (χ0v) is 11.9. The third-order valence-corrected chi connectivity index (χ3v) is 3.75. The van der Waals surface area contributed by atoms with Gasteiger partial charge >= 0.3 is 0 Å². The molecule has 5 heteroatoms. The number of ether oxygens (including phenoxy) is 1. The SMILES string of the molecule is COCCN(C1CC1)C(CN)c1ccc(Cl)cc1F. The van der Waals surface area contributed by atoms with E-state index in [2.05, 4.69) is 4.90 Å². The van der Waals surface area contributed by atoms with Gasteiger partial charge in [-0.2, -0.15) is 0 Å². The van der Waals surface area contributed by atoms with Crippen LogP contribution in [0.3, 0.4) is 0 Å². The average molecular weight is 287 g/mol. The fourth-order valence-electron chi connectivity index (χ4n) is 2.41. The van der Waals surface area contributed by atoms with E-state index >= 15 is 0 Å². The highest BCUT2D eigenvalue weighted by Gasteiger charge is 2.34. The van der Waals surface area contributed by atoms with Crippen molar-refractivity contribution in [1.82, 2.24) is 4.90 Å². The molecule has 0 bridgehead atoms. The first kappa shape index (κ1) is 14.7. The maximum Gasteiger partial charge on any atom is 0.129 e. The second-order valence-electron chi connectivity index (χ2n) is 4.88. The van der Waals surface area contributed by atoms with Crippen LogP contribution in [0, 0.1) is 5.82 Å². The van der Waals surface area contributed by atoms with E-state index in [0.717, 1.165) is 19.4 Å². The Morgan fingerprint density at radius 1 is 1.53 bits per heavy atom. The molecule has 2 N–H and O–H groups in total. The van der Waals surface area contributed by atoms with E-state index in [0.29, 0.717) is 29.8 Å². The van der Waals surface area contributed by atoms with Gasteiger partial charge in [0.15, 0.2) is 0 Å². The first-order valence-electron chi connectivity index (χ1n) is 6.57. The van der Waals surface area contributed by atoms with Crippen LogP contribution in [0.5, 0.6) is 0 Å². The van der Waals surface area contributed by atoms with Crippen LogP contribution >= 0.6 is 11.6 Å². The van der Waals surface area contributed by atoms with Crippen LogP contribution in [0.25, 0.3) is 0 Å². The molecule has 3 nitrogen and oxygen atoms in total. The Morgan fingerprint density at radius 3 is 2.79 bits per heavy atom. The molecule has 0 spiro atoms. The van der Waals surface area contributed by atoms with Gasteiger partial charge in [0.2, 0.25) is 0 Å². The van der Waals surface area contributed by atoms with Gasteiger partial charge in [-0.15, -0.1) is 0 Å². The van der Waals surface area contributed by atoms with Crippen LogP contribution in [-0.4, -0.2) is 37.7 Å². The third kappa shape index (κ3) is 3.66. The van der Waals surface area contributed by atoms with Crippen molar-refractivity contribution in [2.24, 2.45) is 5.73 Å². The van der Waals surface area contributed by atoms with Crippen LogP contribution < -0.4 is 5.73 Å². The maximum atomic E-state index is 14.1. The van der Waals surface area contributed by atoms with Gasteiger partial charge in [-0.3, -0.25) is 4.90 Å². The van der Waals surface area contributed by atoms with Crippen molar-refractivity contribution < 1.29 is 9.13 Å². The van der Waals surface area contributed by atoms with Crippen molar-refractivity contribution >= 4 is 11.6 Å².